The molecule has 0 saturated heterocycles. The van der Waals surface area contributed by atoms with Gasteiger partial charge in [-0.15, -0.1) is 0 Å². The molecule has 7 heteroatoms. The third kappa shape index (κ3) is 2.94. The van der Waals surface area contributed by atoms with Crippen LogP contribution in [-0.2, 0) is 16.4 Å². The number of halogens is 1. The first-order valence-corrected chi connectivity index (χ1v) is 7.02. The molecule has 0 spiro atoms. The van der Waals surface area contributed by atoms with Crippen molar-refractivity contribution in [1.82, 2.24) is 5.48 Å². The van der Waals surface area contributed by atoms with Gasteiger partial charge in [0.25, 0.3) is 0 Å². The van der Waals surface area contributed by atoms with E-state index >= 15 is 0 Å². The maximum Gasteiger partial charge on any atom is 0.179 e. The van der Waals surface area contributed by atoms with Gasteiger partial charge in [-0.3, -0.25) is 0 Å². The fourth-order valence-electron chi connectivity index (χ4n) is 1.29. The van der Waals surface area contributed by atoms with Crippen LogP contribution in [0.25, 0.3) is 0 Å². The fourth-order valence-corrected chi connectivity index (χ4v) is 2.98. The average Bonchev–Trinajstić information content (AvgIpc) is 2.16. The molecule has 5 nitrogen and oxygen atoms in total. The highest BCUT2D eigenvalue weighted by Gasteiger charge is 2.18. The Labute approximate surface area is 102 Å². The zero-order valence-corrected chi connectivity index (χ0v) is 11.2. The van der Waals surface area contributed by atoms with Gasteiger partial charge in [0, 0.05) is 12.8 Å². The number of ether oxygens (including phenoxy) is 1. The molecule has 0 fully saturated rings. The van der Waals surface area contributed by atoms with E-state index in [1.165, 1.54) is 13.2 Å². The van der Waals surface area contributed by atoms with Gasteiger partial charge in [0.05, 0.1) is 11.6 Å². The normalized spacial score (nSPS) is 11.5. The van der Waals surface area contributed by atoms with Gasteiger partial charge in [0.2, 0.25) is 0 Å². The molecule has 0 aliphatic carbocycles. The molecule has 0 aromatic heterocycles. The zero-order valence-electron chi connectivity index (χ0n) is 8.82. The summed E-state index contributed by atoms with van der Waals surface area (Å²) in [5.74, 6) is 0.268. The third-order valence-electron chi connectivity index (χ3n) is 1.96. The summed E-state index contributed by atoms with van der Waals surface area (Å²) in [5, 5.41) is 8.58. The SMILES string of the molecule is COc1c(Br)cc(CNO)cc1S(C)(=O)=O. The van der Waals surface area contributed by atoms with Crippen LogP contribution in [0.1, 0.15) is 5.56 Å². The highest BCUT2D eigenvalue weighted by Crippen LogP contribution is 2.33. The van der Waals surface area contributed by atoms with Crippen LogP contribution >= 0.6 is 15.9 Å². The third-order valence-corrected chi connectivity index (χ3v) is 3.65. The first-order chi connectivity index (χ1) is 7.40. The highest BCUT2D eigenvalue weighted by molar-refractivity contribution is 9.10. The summed E-state index contributed by atoms with van der Waals surface area (Å²) >= 11 is 3.22. The molecule has 1 rings (SSSR count). The maximum absolute atomic E-state index is 11.5. The van der Waals surface area contributed by atoms with Crippen molar-refractivity contribution in [2.24, 2.45) is 0 Å². The fraction of sp³-hybridized carbons (Fsp3) is 0.333. The average molecular weight is 310 g/mol. The van der Waals surface area contributed by atoms with Gasteiger partial charge in [-0.05, 0) is 33.6 Å². The lowest BCUT2D eigenvalue weighted by molar-refractivity contribution is 0.161. The first-order valence-electron chi connectivity index (χ1n) is 4.33. The second-order valence-electron chi connectivity index (χ2n) is 3.22. The molecular formula is C9H12BrNO4S. The van der Waals surface area contributed by atoms with Gasteiger partial charge in [0.1, 0.15) is 4.90 Å². The molecule has 2 N–H and O–H groups in total. The molecule has 1 aromatic rings. The molecule has 0 saturated carbocycles. The van der Waals surface area contributed by atoms with Crippen molar-refractivity contribution < 1.29 is 18.4 Å². The Hall–Kier alpha value is -0.630. The molecule has 90 valence electrons. The van der Waals surface area contributed by atoms with E-state index in [4.69, 9.17) is 9.94 Å². The number of rotatable bonds is 4. The topological polar surface area (TPSA) is 75.6 Å². The van der Waals surface area contributed by atoms with E-state index in [2.05, 4.69) is 15.9 Å². The lowest BCUT2D eigenvalue weighted by atomic mass is 10.2. The van der Waals surface area contributed by atoms with Crippen LogP contribution in [0.15, 0.2) is 21.5 Å². The molecule has 0 unspecified atom stereocenters. The van der Waals surface area contributed by atoms with Gasteiger partial charge in [-0.1, -0.05) is 0 Å². The van der Waals surface area contributed by atoms with Crippen molar-refractivity contribution in [1.29, 1.82) is 0 Å². The minimum atomic E-state index is -3.37. The number of methoxy groups -OCH3 is 1. The molecule has 0 aliphatic rings. The monoisotopic (exact) mass is 309 g/mol. The van der Waals surface area contributed by atoms with Gasteiger partial charge >= 0.3 is 0 Å². The number of hydrogen-bond donors (Lipinski definition) is 2. The first kappa shape index (κ1) is 13.4. The molecule has 0 bridgehead atoms. The summed E-state index contributed by atoms with van der Waals surface area (Å²) in [6.07, 6.45) is 1.10. The predicted octanol–water partition coefficient (Wildman–Crippen LogP) is 1.34. The van der Waals surface area contributed by atoms with Crippen LogP contribution in [0.4, 0.5) is 0 Å². The molecule has 1 aromatic carbocycles. The highest BCUT2D eigenvalue weighted by atomic mass is 79.9. The summed E-state index contributed by atoms with van der Waals surface area (Å²) in [6, 6.07) is 3.14. The van der Waals surface area contributed by atoms with E-state index in [-0.39, 0.29) is 17.2 Å². The van der Waals surface area contributed by atoms with Crippen molar-refractivity contribution in [2.45, 2.75) is 11.4 Å². The van der Waals surface area contributed by atoms with Gasteiger partial charge in [-0.2, -0.15) is 0 Å². The maximum atomic E-state index is 11.5. The van der Waals surface area contributed by atoms with Crippen LogP contribution < -0.4 is 10.2 Å². The number of benzene rings is 1. The van der Waals surface area contributed by atoms with Gasteiger partial charge < -0.3 is 9.94 Å². The summed E-state index contributed by atoms with van der Waals surface area (Å²) in [6.45, 7) is 0.158. The minimum Gasteiger partial charge on any atom is -0.494 e. The lowest BCUT2D eigenvalue weighted by Crippen LogP contribution is -2.08. The van der Waals surface area contributed by atoms with E-state index in [0.29, 0.717) is 10.0 Å². The number of sulfone groups is 1. The molecule has 16 heavy (non-hydrogen) atoms. The van der Waals surface area contributed by atoms with Crippen LogP contribution in [0.2, 0.25) is 0 Å². The van der Waals surface area contributed by atoms with E-state index in [9.17, 15) is 8.42 Å². The molecule has 0 amide bonds. The Morgan fingerprint density at radius 3 is 2.56 bits per heavy atom. The molecule has 0 heterocycles. The van der Waals surface area contributed by atoms with E-state index in [1.54, 1.807) is 6.07 Å². The number of hydroxylamine groups is 1. The molecular weight excluding hydrogens is 298 g/mol. The minimum absolute atomic E-state index is 0.0922. The Kier molecular flexibility index (Phi) is 4.31. The summed E-state index contributed by atoms with van der Waals surface area (Å²) in [5.41, 5.74) is 2.61. The van der Waals surface area contributed by atoms with Crippen molar-refractivity contribution in [3.63, 3.8) is 0 Å². The van der Waals surface area contributed by atoms with Gasteiger partial charge in [0.15, 0.2) is 15.6 Å². The lowest BCUT2D eigenvalue weighted by Gasteiger charge is -2.11. The van der Waals surface area contributed by atoms with Crippen molar-refractivity contribution in [2.75, 3.05) is 13.4 Å². The summed E-state index contributed by atoms with van der Waals surface area (Å²) in [4.78, 5) is 0.0922. The van der Waals surface area contributed by atoms with E-state index < -0.39 is 9.84 Å². The molecule has 0 atom stereocenters. The van der Waals surface area contributed by atoms with Crippen molar-refractivity contribution >= 4 is 25.8 Å². The zero-order chi connectivity index (χ0) is 12.3. The number of hydrogen-bond acceptors (Lipinski definition) is 5. The second-order valence-corrected chi connectivity index (χ2v) is 6.05. The van der Waals surface area contributed by atoms with Crippen molar-refractivity contribution in [3.8, 4) is 5.75 Å². The Balaban J connectivity index is 3.43. The van der Waals surface area contributed by atoms with Crippen molar-refractivity contribution in [3.05, 3.63) is 22.2 Å². The van der Waals surface area contributed by atoms with Crippen LogP contribution in [-0.4, -0.2) is 27.0 Å². The van der Waals surface area contributed by atoms with Gasteiger partial charge in [-0.25, -0.2) is 13.9 Å². The molecule has 0 radical (unpaired) electrons. The Morgan fingerprint density at radius 2 is 2.12 bits per heavy atom. The largest absolute Gasteiger partial charge is 0.494 e. The summed E-state index contributed by atoms with van der Waals surface area (Å²) in [7, 11) is -1.97. The Bertz CT molecular complexity index is 487. The standard InChI is InChI=1S/C9H12BrNO4S/c1-15-9-7(10)3-6(5-11-12)4-8(9)16(2,13)14/h3-4,11-12H,5H2,1-2H3. The predicted molar refractivity (Wildman–Crippen MR) is 62.4 cm³/mol. The molecule has 0 aliphatic heterocycles. The quantitative estimate of drug-likeness (QED) is 0.821. The van der Waals surface area contributed by atoms with Crippen LogP contribution in [0.5, 0.6) is 5.75 Å². The van der Waals surface area contributed by atoms with Crippen LogP contribution in [0, 0.1) is 0 Å². The second kappa shape index (κ2) is 5.13. The Morgan fingerprint density at radius 1 is 1.50 bits per heavy atom. The van der Waals surface area contributed by atoms with E-state index in [0.717, 1.165) is 6.26 Å². The number of nitrogens with one attached hydrogen (secondary N) is 1. The summed E-state index contributed by atoms with van der Waals surface area (Å²) < 4.78 is 28.6. The van der Waals surface area contributed by atoms with Crippen LogP contribution in [0.3, 0.4) is 0 Å². The smallest absolute Gasteiger partial charge is 0.179 e. The van der Waals surface area contributed by atoms with E-state index in [1.807, 2.05) is 5.48 Å².